The number of nitrogens with one attached hydrogen (secondary N) is 3. The number of amides is 2. The van der Waals surface area contributed by atoms with Crippen molar-refractivity contribution in [2.24, 2.45) is 0 Å². The average Bonchev–Trinajstić information content (AvgIpc) is 3.04. The number of hydrogen-bond donors (Lipinski definition) is 3. The fourth-order valence-electron chi connectivity index (χ4n) is 2.46. The zero-order valence-electron chi connectivity index (χ0n) is 14.1. The van der Waals surface area contributed by atoms with Gasteiger partial charge < -0.3 is 20.4 Å². The number of carbonyl (C=O) groups excluding carboxylic acids is 2. The van der Waals surface area contributed by atoms with Gasteiger partial charge in [0.2, 0.25) is 0 Å². The molecule has 134 valence electrons. The summed E-state index contributed by atoms with van der Waals surface area (Å²) in [5.41, 5.74) is 1.91. The molecule has 3 aromatic rings. The number of aromatic nitrogens is 1. The predicted octanol–water partition coefficient (Wildman–Crippen LogP) is 3.59. The lowest BCUT2D eigenvalue weighted by molar-refractivity contribution is -0.122. The quantitative estimate of drug-likeness (QED) is 0.619. The van der Waals surface area contributed by atoms with E-state index in [4.69, 9.17) is 16.3 Å². The van der Waals surface area contributed by atoms with Crippen LogP contribution in [0.1, 0.15) is 17.4 Å². The van der Waals surface area contributed by atoms with Crippen molar-refractivity contribution in [3.05, 3.63) is 59.2 Å². The van der Waals surface area contributed by atoms with Crippen molar-refractivity contribution >= 4 is 40.0 Å². The number of hydrogen-bond acceptors (Lipinski definition) is 3. The monoisotopic (exact) mass is 371 g/mol. The summed E-state index contributed by atoms with van der Waals surface area (Å²) in [7, 11) is 0. The highest BCUT2D eigenvalue weighted by atomic mass is 35.5. The Hall–Kier alpha value is -2.99. The Morgan fingerprint density at radius 1 is 1.12 bits per heavy atom. The van der Waals surface area contributed by atoms with E-state index in [1.165, 1.54) is 0 Å². The van der Waals surface area contributed by atoms with Crippen LogP contribution < -0.4 is 15.4 Å². The number of fused-ring (bicyclic) bond motifs is 1. The molecule has 0 unspecified atom stereocenters. The van der Waals surface area contributed by atoms with Gasteiger partial charge in [-0.2, -0.15) is 0 Å². The van der Waals surface area contributed by atoms with Crippen molar-refractivity contribution in [3.8, 4) is 5.75 Å². The molecule has 3 rings (SSSR count). The van der Waals surface area contributed by atoms with E-state index in [1.807, 2.05) is 13.0 Å². The molecule has 1 heterocycles. The van der Waals surface area contributed by atoms with Gasteiger partial charge in [-0.25, -0.2) is 0 Å². The molecular weight excluding hydrogens is 354 g/mol. The molecule has 7 heteroatoms. The van der Waals surface area contributed by atoms with Gasteiger partial charge in [0.1, 0.15) is 11.4 Å². The van der Waals surface area contributed by atoms with E-state index in [1.54, 1.807) is 42.5 Å². The van der Waals surface area contributed by atoms with Crippen LogP contribution in [0.15, 0.2) is 48.5 Å². The number of carbonyl (C=O) groups is 2. The zero-order valence-corrected chi connectivity index (χ0v) is 14.9. The van der Waals surface area contributed by atoms with Crippen molar-refractivity contribution in [1.29, 1.82) is 0 Å². The lowest BCUT2D eigenvalue weighted by Gasteiger charge is -2.08. The van der Waals surface area contributed by atoms with Crippen LogP contribution in [0.25, 0.3) is 10.9 Å². The van der Waals surface area contributed by atoms with Gasteiger partial charge in [0, 0.05) is 28.2 Å². The van der Waals surface area contributed by atoms with Crippen LogP contribution in [0, 0.1) is 0 Å². The second kappa shape index (κ2) is 7.93. The zero-order chi connectivity index (χ0) is 18.5. The Morgan fingerprint density at radius 3 is 2.62 bits per heavy atom. The molecule has 0 fully saturated rings. The third-order valence-electron chi connectivity index (χ3n) is 3.68. The van der Waals surface area contributed by atoms with Crippen LogP contribution >= 0.6 is 11.6 Å². The van der Waals surface area contributed by atoms with Gasteiger partial charge in [0.15, 0.2) is 6.61 Å². The van der Waals surface area contributed by atoms with Gasteiger partial charge in [-0.3, -0.25) is 9.59 Å². The van der Waals surface area contributed by atoms with E-state index >= 15 is 0 Å². The summed E-state index contributed by atoms with van der Waals surface area (Å²) in [6.45, 7) is 2.36. The summed E-state index contributed by atoms with van der Waals surface area (Å²) in [4.78, 5) is 26.8. The minimum atomic E-state index is -0.256. The van der Waals surface area contributed by atoms with Gasteiger partial charge in [-0.05, 0) is 55.5 Å². The second-order valence-electron chi connectivity index (χ2n) is 5.64. The molecular formula is C19H18ClN3O3. The third-order valence-corrected chi connectivity index (χ3v) is 3.92. The van der Waals surface area contributed by atoms with E-state index in [-0.39, 0.29) is 18.4 Å². The molecule has 2 aromatic carbocycles. The minimum Gasteiger partial charge on any atom is -0.484 e. The van der Waals surface area contributed by atoms with E-state index in [0.29, 0.717) is 28.7 Å². The molecule has 0 aliphatic heterocycles. The number of rotatable bonds is 6. The first-order valence-corrected chi connectivity index (χ1v) is 8.52. The topological polar surface area (TPSA) is 83.2 Å². The maximum atomic E-state index is 12.4. The van der Waals surface area contributed by atoms with Crippen molar-refractivity contribution in [3.63, 3.8) is 0 Å². The van der Waals surface area contributed by atoms with Gasteiger partial charge in [0.05, 0.1) is 0 Å². The van der Waals surface area contributed by atoms with Gasteiger partial charge >= 0.3 is 0 Å². The molecule has 1 aromatic heterocycles. The summed E-state index contributed by atoms with van der Waals surface area (Å²) in [5, 5.41) is 6.95. The summed E-state index contributed by atoms with van der Waals surface area (Å²) in [6.07, 6.45) is 0. The van der Waals surface area contributed by atoms with Crippen molar-refractivity contribution in [2.75, 3.05) is 18.5 Å². The second-order valence-corrected chi connectivity index (χ2v) is 6.07. The van der Waals surface area contributed by atoms with E-state index < -0.39 is 0 Å². The number of anilines is 1. The highest BCUT2D eigenvalue weighted by Gasteiger charge is 2.10. The first kappa shape index (κ1) is 17.8. The van der Waals surface area contributed by atoms with E-state index in [0.717, 1.165) is 10.9 Å². The number of H-pyrrole nitrogens is 1. The molecule has 0 spiro atoms. The molecule has 26 heavy (non-hydrogen) atoms. The Bertz CT molecular complexity index is 935. The molecule has 0 saturated carbocycles. The Morgan fingerprint density at radius 2 is 1.88 bits per heavy atom. The number of halogens is 1. The molecule has 2 amide bonds. The Labute approximate surface area is 155 Å². The number of likely N-dealkylation sites (N-methyl/N-ethyl adjacent to an activating group) is 1. The molecule has 0 aliphatic rings. The van der Waals surface area contributed by atoms with Crippen LogP contribution in [0.4, 0.5) is 5.69 Å². The molecule has 0 radical (unpaired) electrons. The van der Waals surface area contributed by atoms with Gasteiger partial charge in [-0.1, -0.05) is 11.6 Å². The number of benzene rings is 2. The lowest BCUT2D eigenvalue weighted by atomic mass is 10.2. The Balaban J connectivity index is 1.62. The number of aromatic amines is 1. The smallest absolute Gasteiger partial charge is 0.272 e. The normalized spacial score (nSPS) is 10.5. The minimum absolute atomic E-state index is 0.0445. The fraction of sp³-hybridized carbons (Fsp3) is 0.158. The summed E-state index contributed by atoms with van der Waals surface area (Å²) in [5.74, 6) is 0.117. The fourth-order valence-corrected chi connectivity index (χ4v) is 2.64. The van der Waals surface area contributed by atoms with Crippen LogP contribution in [-0.2, 0) is 4.79 Å². The van der Waals surface area contributed by atoms with E-state index in [2.05, 4.69) is 15.6 Å². The van der Waals surface area contributed by atoms with Gasteiger partial charge in [0.25, 0.3) is 11.8 Å². The highest BCUT2D eigenvalue weighted by Crippen LogP contribution is 2.21. The molecule has 0 aliphatic carbocycles. The Kier molecular flexibility index (Phi) is 5.43. The third kappa shape index (κ3) is 4.34. The number of ether oxygens (including phenoxy) is 1. The summed E-state index contributed by atoms with van der Waals surface area (Å²) < 4.78 is 5.37. The molecule has 0 bridgehead atoms. The van der Waals surface area contributed by atoms with Crippen LogP contribution in [-0.4, -0.2) is 29.9 Å². The van der Waals surface area contributed by atoms with Crippen molar-refractivity contribution in [1.82, 2.24) is 10.3 Å². The maximum absolute atomic E-state index is 12.4. The largest absolute Gasteiger partial charge is 0.484 e. The first-order valence-electron chi connectivity index (χ1n) is 8.14. The highest BCUT2D eigenvalue weighted by molar-refractivity contribution is 6.31. The maximum Gasteiger partial charge on any atom is 0.272 e. The molecule has 6 nitrogen and oxygen atoms in total. The average molecular weight is 372 g/mol. The summed E-state index contributed by atoms with van der Waals surface area (Å²) in [6, 6.07) is 14.0. The molecule has 3 N–H and O–H groups in total. The summed E-state index contributed by atoms with van der Waals surface area (Å²) >= 11 is 5.96. The first-order chi connectivity index (χ1) is 12.5. The SMILES string of the molecule is CCNC(=O)COc1ccc(NC(=O)c2cc3cc(Cl)ccc3[nH]2)cc1. The molecule has 0 saturated heterocycles. The van der Waals surface area contributed by atoms with Crippen molar-refractivity contribution in [2.45, 2.75) is 6.92 Å². The van der Waals surface area contributed by atoms with Crippen LogP contribution in [0.3, 0.4) is 0 Å². The van der Waals surface area contributed by atoms with Crippen LogP contribution in [0.5, 0.6) is 5.75 Å². The predicted molar refractivity (Wildman–Crippen MR) is 102 cm³/mol. The van der Waals surface area contributed by atoms with Crippen molar-refractivity contribution < 1.29 is 14.3 Å². The van der Waals surface area contributed by atoms with Crippen LogP contribution in [0.2, 0.25) is 5.02 Å². The van der Waals surface area contributed by atoms with E-state index in [9.17, 15) is 9.59 Å². The standard InChI is InChI=1S/C19H18ClN3O3/c1-2-21-18(24)11-26-15-6-4-14(5-7-15)22-19(25)17-10-12-9-13(20)3-8-16(12)23-17/h3-10,23H,2,11H2,1H3,(H,21,24)(H,22,25). The lowest BCUT2D eigenvalue weighted by Crippen LogP contribution is -2.28. The van der Waals surface area contributed by atoms with Gasteiger partial charge in [-0.15, -0.1) is 0 Å². The molecule has 0 atom stereocenters.